The summed E-state index contributed by atoms with van der Waals surface area (Å²) >= 11 is 12.0. The van der Waals surface area contributed by atoms with Gasteiger partial charge in [0, 0.05) is 27.4 Å². The largest absolute Gasteiger partial charge is 0.423 e. The van der Waals surface area contributed by atoms with E-state index in [9.17, 15) is 9.59 Å². The van der Waals surface area contributed by atoms with Gasteiger partial charge in [0.2, 0.25) is 5.91 Å². The van der Waals surface area contributed by atoms with Crippen LogP contribution >= 0.6 is 23.2 Å². The van der Waals surface area contributed by atoms with E-state index in [1.165, 1.54) is 0 Å². The molecule has 2 amide bonds. The molecule has 0 aliphatic heterocycles. The first kappa shape index (κ1) is 21.7. The van der Waals surface area contributed by atoms with Crippen molar-refractivity contribution in [2.24, 2.45) is 5.92 Å². The van der Waals surface area contributed by atoms with E-state index < -0.39 is 0 Å². The molecule has 1 aliphatic rings. The molecule has 0 saturated heterocycles. The van der Waals surface area contributed by atoms with Crippen molar-refractivity contribution in [1.29, 1.82) is 0 Å². The number of fused-ring (bicyclic) bond motifs is 2. The van der Waals surface area contributed by atoms with Crippen molar-refractivity contribution in [3.05, 3.63) is 64.3 Å². The summed E-state index contributed by atoms with van der Waals surface area (Å²) in [7, 11) is 0. The van der Waals surface area contributed by atoms with E-state index >= 15 is 0 Å². The monoisotopic (exact) mass is 482 g/mol. The summed E-state index contributed by atoms with van der Waals surface area (Å²) in [6.45, 7) is 0. The molecule has 4 aromatic rings. The Morgan fingerprint density at radius 3 is 2.45 bits per heavy atom. The van der Waals surface area contributed by atoms with Crippen molar-refractivity contribution < 1.29 is 14.0 Å². The molecule has 5 rings (SSSR count). The van der Waals surface area contributed by atoms with Crippen LogP contribution in [0.15, 0.2) is 52.9 Å². The zero-order chi connectivity index (χ0) is 22.9. The molecular weight excluding hydrogens is 463 g/mol. The van der Waals surface area contributed by atoms with Crippen LogP contribution in [0.4, 0.5) is 6.01 Å². The molecule has 2 aromatic heterocycles. The summed E-state index contributed by atoms with van der Waals surface area (Å²) in [5.41, 5.74) is 2.23. The number of carbonyl (C=O) groups excluding carboxylic acids is 2. The molecule has 2 heterocycles. The van der Waals surface area contributed by atoms with Crippen molar-refractivity contribution >= 4 is 63.0 Å². The predicted octanol–water partition coefficient (Wildman–Crippen LogP) is 5.61. The van der Waals surface area contributed by atoms with Crippen LogP contribution in [-0.4, -0.2) is 27.8 Å². The third kappa shape index (κ3) is 4.79. The summed E-state index contributed by atoms with van der Waals surface area (Å²) in [5.74, 6) is -0.516. The maximum Gasteiger partial charge on any atom is 0.302 e. The molecule has 1 saturated carbocycles. The highest BCUT2D eigenvalue weighted by molar-refractivity contribution is 6.31. The van der Waals surface area contributed by atoms with E-state index in [4.69, 9.17) is 27.6 Å². The van der Waals surface area contributed by atoms with E-state index in [2.05, 4.69) is 20.6 Å². The smallest absolute Gasteiger partial charge is 0.302 e. The lowest BCUT2D eigenvalue weighted by Crippen LogP contribution is -2.39. The Hall–Kier alpha value is -3.16. The average Bonchev–Trinajstić information content (AvgIpc) is 3.20. The highest BCUT2D eigenvalue weighted by atomic mass is 35.5. The van der Waals surface area contributed by atoms with Gasteiger partial charge in [-0.3, -0.25) is 14.9 Å². The molecule has 33 heavy (non-hydrogen) atoms. The second kappa shape index (κ2) is 9.00. The van der Waals surface area contributed by atoms with Crippen molar-refractivity contribution in [2.45, 2.75) is 31.7 Å². The summed E-state index contributed by atoms with van der Waals surface area (Å²) in [5, 5.41) is 7.86. The maximum absolute atomic E-state index is 12.7. The molecule has 1 aliphatic carbocycles. The number of hydrogen-bond donors (Lipinski definition) is 2. The van der Waals surface area contributed by atoms with Crippen molar-refractivity contribution in [3.8, 4) is 0 Å². The number of nitrogens with one attached hydrogen (secondary N) is 2. The van der Waals surface area contributed by atoms with Crippen LogP contribution in [0.3, 0.4) is 0 Å². The van der Waals surface area contributed by atoms with Crippen molar-refractivity contribution in [1.82, 2.24) is 15.3 Å². The van der Waals surface area contributed by atoms with Crippen molar-refractivity contribution in [3.63, 3.8) is 0 Å². The van der Waals surface area contributed by atoms with Gasteiger partial charge in [0.05, 0.1) is 5.52 Å². The Morgan fingerprint density at radius 2 is 1.64 bits per heavy atom. The molecule has 9 heteroatoms. The molecule has 2 N–H and O–H groups in total. The lowest BCUT2D eigenvalue weighted by molar-refractivity contribution is -0.121. The highest BCUT2D eigenvalue weighted by Gasteiger charge is 2.28. The molecule has 0 bridgehead atoms. The van der Waals surface area contributed by atoms with Gasteiger partial charge in [-0.1, -0.05) is 29.3 Å². The second-order valence-electron chi connectivity index (χ2n) is 8.18. The summed E-state index contributed by atoms with van der Waals surface area (Å²) in [4.78, 5) is 34.0. The van der Waals surface area contributed by atoms with E-state index in [0.29, 0.717) is 58.0 Å². The normalized spacial score (nSPS) is 18.4. The Bertz CT molecular complexity index is 1360. The van der Waals surface area contributed by atoms with Crippen LogP contribution in [0.25, 0.3) is 22.0 Å². The number of oxazole rings is 1. The standard InChI is InChI=1S/C24H20Cl2N4O3/c25-15-4-9-18-14(11-15)3-8-19(28-18)23(32)27-17-6-1-13(2-7-17)22(31)30-24-29-20-12-16(26)5-10-21(20)33-24/h3-5,8-13,17H,1-2,6-7H2,(H,27,32)(H,29,30,31)/t13-,17-. The van der Waals surface area contributed by atoms with Crippen LogP contribution in [0.2, 0.25) is 10.0 Å². The van der Waals surface area contributed by atoms with Crippen LogP contribution < -0.4 is 10.6 Å². The Morgan fingerprint density at radius 1 is 0.879 bits per heavy atom. The van der Waals surface area contributed by atoms with E-state index in [0.717, 1.165) is 5.39 Å². The van der Waals surface area contributed by atoms with E-state index in [1.54, 1.807) is 36.4 Å². The number of pyridine rings is 1. The van der Waals surface area contributed by atoms with Gasteiger partial charge in [0.15, 0.2) is 5.58 Å². The van der Waals surface area contributed by atoms with Crippen LogP contribution in [0, 0.1) is 5.92 Å². The number of halogens is 2. The number of aromatic nitrogens is 2. The molecule has 1 fully saturated rings. The van der Waals surface area contributed by atoms with Crippen LogP contribution in [0.5, 0.6) is 0 Å². The zero-order valence-corrected chi connectivity index (χ0v) is 19.0. The molecule has 0 unspecified atom stereocenters. The van der Waals surface area contributed by atoms with Crippen molar-refractivity contribution in [2.75, 3.05) is 5.32 Å². The number of anilines is 1. The van der Waals surface area contributed by atoms with E-state index in [1.807, 2.05) is 12.1 Å². The molecule has 0 atom stereocenters. The van der Waals surface area contributed by atoms with Gasteiger partial charge in [-0.05, 0) is 68.1 Å². The molecule has 2 aromatic carbocycles. The maximum atomic E-state index is 12.7. The average molecular weight is 483 g/mol. The SMILES string of the molecule is O=C(N[C@H]1CC[C@H](C(=O)Nc2nc3cc(Cl)ccc3o2)CC1)c1ccc2cc(Cl)ccc2n1. The molecule has 7 nitrogen and oxygen atoms in total. The summed E-state index contributed by atoms with van der Waals surface area (Å²) in [6.07, 6.45) is 2.73. The third-order valence-corrected chi connectivity index (χ3v) is 6.37. The van der Waals surface area contributed by atoms with Crippen LogP contribution in [-0.2, 0) is 4.79 Å². The lowest BCUT2D eigenvalue weighted by atomic mass is 9.85. The van der Waals surface area contributed by atoms with Gasteiger partial charge in [0.1, 0.15) is 11.2 Å². The lowest BCUT2D eigenvalue weighted by Gasteiger charge is -2.28. The Kier molecular flexibility index (Phi) is 5.91. The molecule has 0 spiro atoms. The predicted molar refractivity (Wildman–Crippen MR) is 128 cm³/mol. The Labute approximate surface area is 199 Å². The zero-order valence-electron chi connectivity index (χ0n) is 17.5. The number of nitrogens with zero attached hydrogens (tertiary/aromatic N) is 2. The fraction of sp³-hybridized carbons (Fsp3) is 0.250. The third-order valence-electron chi connectivity index (χ3n) is 5.90. The number of rotatable bonds is 4. The molecule has 0 radical (unpaired) electrons. The van der Waals surface area contributed by atoms with Gasteiger partial charge in [-0.15, -0.1) is 0 Å². The quantitative estimate of drug-likeness (QED) is 0.393. The van der Waals surface area contributed by atoms with Gasteiger partial charge in [-0.25, -0.2) is 4.98 Å². The fourth-order valence-corrected chi connectivity index (χ4v) is 4.49. The first-order valence-corrected chi connectivity index (χ1v) is 11.4. The van der Waals surface area contributed by atoms with Gasteiger partial charge >= 0.3 is 6.01 Å². The molecular formula is C24H20Cl2N4O3. The minimum absolute atomic E-state index is 0.00395. The number of benzene rings is 2. The number of carbonyl (C=O) groups is 2. The summed E-state index contributed by atoms with van der Waals surface area (Å²) < 4.78 is 5.57. The number of amides is 2. The first-order chi connectivity index (χ1) is 15.9. The van der Waals surface area contributed by atoms with Gasteiger partial charge < -0.3 is 9.73 Å². The van der Waals surface area contributed by atoms with E-state index in [-0.39, 0.29) is 29.8 Å². The fourth-order valence-electron chi connectivity index (χ4n) is 4.14. The second-order valence-corrected chi connectivity index (χ2v) is 9.05. The Balaban J connectivity index is 1.16. The topological polar surface area (TPSA) is 97.1 Å². The van der Waals surface area contributed by atoms with Gasteiger partial charge in [-0.2, -0.15) is 4.98 Å². The minimum Gasteiger partial charge on any atom is -0.423 e. The minimum atomic E-state index is -0.218. The molecule has 168 valence electrons. The number of hydrogen-bond acceptors (Lipinski definition) is 5. The van der Waals surface area contributed by atoms with Crippen LogP contribution in [0.1, 0.15) is 36.2 Å². The first-order valence-electron chi connectivity index (χ1n) is 10.7. The highest BCUT2D eigenvalue weighted by Crippen LogP contribution is 2.27. The van der Waals surface area contributed by atoms with Gasteiger partial charge in [0.25, 0.3) is 5.91 Å². The summed E-state index contributed by atoms with van der Waals surface area (Å²) in [6, 6.07) is 14.2.